The highest BCUT2D eigenvalue weighted by atomic mass is 35.5. The van der Waals surface area contributed by atoms with Gasteiger partial charge in [-0.2, -0.15) is 0 Å². The lowest BCUT2D eigenvalue weighted by atomic mass is 10.1. The normalized spacial score (nSPS) is 17.0. The summed E-state index contributed by atoms with van der Waals surface area (Å²) >= 11 is 12.3. The van der Waals surface area contributed by atoms with Gasteiger partial charge >= 0.3 is 0 Å². The van der Waals surface area contributed by atoms with Crippen molar-refractivity contribution in [1.82, 2.24) is 0 Å². The molecule has 1 aliphatic heterocycles. The van der Waals surface area contributed by atoms with Crippen LogP contribution >= 0.6 is 23.2 Å². The Morgan fingerprint density at radius 2 is 1.77 bits per heavy atom. The lowest BCUT2D eigenvalue weighted by Gasteiger charge is -2.12. The van der Waals surface area contributed by atoms with E-state index in [1.54, 1.807) is 30.3 Å². The van der Waals surface area contributed by atoms with Gasteiger partial charge in [0.2, 0.25) is 5.90 Å². The van der Waals surface area contributed by atoms with Crippen LogP contribution in [0.3, 0.4) is 0 Å². The Hall–Kier alpha value is -2.11. The van der Waals surface area contributed by atoms with Gasteiger partial charge in [0.25, 0.3) is 5.69 Å². The Morgan fingerprint density at radius 1 is 1.14 bits per heavy atom. The van der Waals surface area contributed by atoms with E-state index < -0.39 is 4.92 Å². The van der Waals surface area contributed by atoms with Gasteiger partial charge in [0.05, 0.1) is 27.1 Å². The molecule has 3 rings (SSSR count). The molecule has 0 bridgehead atoms. The van der Waals surface area contributed by atoms with E-state index in [1.165, 1.54) is 12.1 Å². The summed E-state index contributed by atoms with van der Waals surface area (Å²) in [7, 11) is 0. The summed E-state index contributed by atoms with van der Waals surface area (Å²) in [5.41, 5.74) is 1.42. The highest BCUT2D eigenvalue weighted by molar-refractivity contribution is 6.39. The number of halogens is 2. The molecule has 0 aromatic heterocycles. The maximum absolute atomic E-state index is 10.7. The Bertz CT molecular complexity index is 740. The quantitative estimate of drug-likeness (QED) is 0.615. The molecule has 0 saturated heterocycles. The number of non-ortho nitro benzene ring substituents is 1. The fraction of sp³-hybridized carbons (Fsp3) is 0.133. The van der Waals surface area contributed by atoms with Crippen molar-refractivity contribution in [3.05, 3.63) is 73.8 Å². The van der Waals surface area contributed by atoms with Crippen LogP contribution in [0.4, 0.5) is 5.69 Å². The first-order valence-corrected chi connectivity index (χ1v) is 7.21. The van der Waals surface area contributed by atoms with Gasteiger partial charge < -0.3 is 4.74 Å². The van der Waals surface area contributed by atoms with E-state index in [1.807, 2.05) is 0 Å². The van der Waals surface area contributed by atoms with E-state index >= 15 is 0 Å². The Balaban J connectivity index is 1.81. The van der Waals surface area contributed by atoms with Crippen molar-refractivity contribution < 1.29 is 9.66 Å². The van der Waals surface area contributed by atoms with Crippen LogP contribution in [0.15, 0.2) is 47.5 Å². The third-order valence-corrected chi connectivity index (χ3v) is 3.94. The third kappa shape index (κ3) is 2.77. The predicted molar refractivity (Wildman–Crippen MR) is 84.8 cm³/mol. The van der Waals surface area contributed by atoms with Gasteiger partial charge in [-0.3, -0.25) is 10.1 Å². The number of nitrogens with zero attached hydrogens (tertiary/aromatic N) is 2. The summed E-state index contributed by atoms with van der Waals surface area (Å²) in [6, 6.07) is 11.4. The fourth-order valence-electron chi connectivity index (χ4n) is 2.20. The number of nitro groups is 1. The van der Waals surface area contributed by atoms with Crippen molar-refractivity contribution in [3.63, 3.8) is 0 Å². The maximum Gasteiger partial charge on any atom is 0.269 e. The summed E-state index contributed by atoms with van der Waals surface area (Å²) in [5, 5.41) is 11.6. The monoisotopic (exact) mass is 336 g/mol. The van der Waals surface area contributed by atoms with Gasteiger partial charge in [-0.1, -0.05) is 29.3 Å². The molecule has 0 fully saturated rings. The second kappa shape index (κ2) is 5.94. The molecule has 0 N–H and O–H groups in total. The van der Waals surface area contributed by atoms with Gasteiger partial charge in [-0.25, -0.2) is 4.99 Å². The predicted octanol–water partition coefficient (Wildman–Crippen LogP) is 4.42. The molecule has 5 nitrogen and oxygen atoms in total. The molecular weight excluding hydrogens is 327 g/mol. The number of nitro benzene ring substituents is 1. The molecule has 0 amide bonds. The van der Waals surface area contributed by atoms with Crippen molar-refractivity contribution in [2.75, 3.05) is 6.54 Å². The molecule has 112 valence electrons. The summed E-state index contributed by atoms with van der Waals surface area (Å²) in [6.07, 6.45) is -0.303. The average molecular weight is 337 g/mol. The first-order chi connectivity index (χ1) is 10.6. The smallest absolute Gasteiger partial charge is 0.269 e. The van der Waals surface area contributed by atoms with E-state index in [2.05, 4.69) is 4.99 Å². The van der Waals surface area contributed by atoms with Crippen LogP contribution in [-0.4, -0.2) is 17.4 Å². The Kier molecular flexibility index (Phi) is 4.00. The molecule has 1 aliphatic rings. The standard InChI is InChI=1S/C15H10Cl2N2O3/c16-11-2-1-3-12(17)14(11)15-18-8-13(22-15)9-4-6-10(7-5-9)19(20)21/h1-7,13H,8H2. The number of benzene rings is 2. The number of rotatable bonds is 3. The van der Waals surface area contributed by atoms with Crippen LogP contribution in [0, 0.1) is 10.1 Å². The van der Waals surface area contributed by atoms with Crippen molar-refractivity contribution >= 4 is 34.8 Å². The molecule has 0 saturated carbocycles. The molecule has 2 aromatic carbocycles. The zero-order valence-corrected chi connectivity index (χ0v) is 12.7. The zero-order valence-electron chi connectivity index (χ0n) is 11.2. The van der Waals surface area contributed by atoms with Gasteiger partial charge in [0.1, 0.15) is 6.10 Å². The largest absolute Gasteiger partial charge is 0.467 e. The van der Waals surface area contributed by atoms with Crippen LogP contribution in [0.1, 0.15) is 17.2 Å². The van der Waals surface area contributed by atoms with Gasteiger partial charge in [-0.15, -0.1) is 0 Å². The molecule has 0 spiro atoms. The van der Waals surface area contributed by atoms with Gasteiger partial charge in [0, 0.05) is 12.1 Å². The molecule has 2 aromatic rings. The summed E-state index contributed by atoms with van der Waals surface area (Å²) in [6.45, 7) is 0.411. The summed E-state index contributed by atoms with van der Waals surface area (Å²) in [5.74, 6) is 0.388. The van der Waals surface area contributed by atoms with E-state index in [0.717, 1.165) is 5.56 Å². The molecule has 1 heterocycles. The zero-order chi connectivity index (χ0) is 15.7. The van der Waals surface area contributed by atoms with E-state index in [-0.39, 0.29) is 11.8 Å². The second-order valence-electron chi connectivity index (χ2n) is 4.70. The number of aliphatic imine (C=N–C) groups is 1. The first kappa shape index (κ1) is 14.8. The van der Waals surface area contributed by atoms with Crippen LogP contribution in [0.5, 0.6) is 0 Å². The maximum atomic E-state index is 10.7. The summed E-state index contributed by atoms with van der Waals surface area (Å²) < 4.78 is 5.81. The van der Waals surface area contributed by atoms with Crippen LogP contribution in [0.2, 0.25) is 10.0 Å². The fourth-order valence-corrected chi connectivity index (χ4v) is 2.76. The Morgan fingerprint density at radius 3 is 2.36 bits per heavy atom. The lowest BCUT2D eigenvalue weighted by molar-refractivity contribution is -0.384. The number of ether oxygens (including phenoxy) is 1. The van der Waals surface area contributed by atoms with Crippen molar-refractivity contribution in [1.29, 1.82) is 0 Å². The average Bonchev–Trinajstić information content (AvgIpc) is 2.97. The minimum atomic E-state index is -0.440. The first-order valence-electron chi connectivity index (χ1n) is 6.46. The minimum absolute atomic E-state index is 0.0389. The Labute approximate surface area is 136 Å². The highest BCUT2D eigenvalue weighted by Crippen LogP contribution is 2.32. The van der Waals surface area contributed by atoms with Crippen LogP contribution in [0.25, 0.3) is 0 Å². The van der Waals surface area contributed by atoms with Crippen LogP contribution in [-0.2, 0) is 4.74 Å². The van der Waals surface area contributed by atoms with E-state index in [0.29, 0.717) is 28.1 Å². The third-order valence-electron chi connectivity index (χ3n) is 3.31. The minimum Gasteiger partial charge on any atom is -0.467 e. The van der Waals surface area contributed by atoms with Gasteiger partial charge in [-0.05, 0) is 29.8 Å². The van der Waals surface area contributed by atoms with E-state index in [4.69, 9.17) is 27.9 Å². The van der Waals surface area contributed by atoms with Crippen LogP contribution < -0.4 is 0 Å². The number of hydrogen-bond acceptors (Lipinski definition) is 4. The molecule has 1 atom stereocenters. The van der Waals surface area contributed by atoms with Crippen molar-refractivity contribution in [2.45, 2.75) is 6.10 Å². The second-order valence-corrected chi connectivity index (χ2v) is 5.51. The molecule has 1 unspecified atom stereocenters. The molecule has 0 aliphatic carbocycles. The molecule has 7 heteroatoms. The topological polar surface area (TPSA) is 64.7 Å². The lowest BCUT2D eigenvalue weighted by Crippen LogP contribution is -2.07. The van der Waals surface area contributed by atoms with E-state index in [9.17, 15) is 10.1 Å². The number of hydrogen-bond donors (Lipinski definition) is 0. The highest BCUT2D eigenvalue weighted by Gasteiger charge is 2.26. The molecule has 22 heavy (non-hydrogen) atoms. The SMILES string of the molecule is O=[N+]([O-])c1ccc(C2CN=C(c3c(Cl)cccc3Cl)O2)cc1. The van der Waals surface area contributed by atoms with Crippen molar-refractivity contribution in [3.8, 4) is 0 Å². The summed E-state index contributed by atoms with van der Waals surface area (Å²) in [4.78, 5) is 14.6. The molecular formula is C15H10Cl2N2O3. The van der Waals surface area contributed by atoms with Crippen molar-refractivity contribution in [2.24, 2.45) is 4.99 Å². The molecule has 0 radical (unpaired) electrons. The van der Waals surface area contributed by atoms with Gasteiger partial charge in [0.15, 0.2) is 0 Å².